The zero-order chi connectivity index (χ0) is 13.5. The number of carbonyl (C=O) groups is 1. The van der Waals surface area contributed by atoms with Crippen molar-refractivity contribution in [3.8, 4) is 24.7 Å². The summed E-state index contributed by atoms with van der Waals surface area (Å²) in [6, 6.07) is 7.06. The van der Waals surface area contributed by atoms with E-state index >= 15 is 0 Å². The highest BCUT2D eigenvalue weighted by atomic mass is 16.4. The Morgan fingerprint density at radius 3 is 2.33 bits per heavy atom. The fraction of sp³-hybridized carbons (Fsp3) is 0.214. The van der Waals surface area contributed by atoms with Crippen LogP contribution in [0.3, 0.4) is 0 Å². The summed E-state index contributed by atoms with van der Waals surface area (Å²) in [5.74, 6) is 5.05. The van der Waals surface area contributed by atoms with Crippen LogP contribution in [-0.4, -0.2) is 31.3 Å². The molecule has 1 rings (SSSR count). The Morgan fingerprint density at radius 2 is 1.83 bits per heavy atom. The molecule has 0 heterocycles. The van der Waals surface area contributed by atoms with E-state index < -0.39 is 6.09 Å². The van der Waals surface area contributed by atoms with E-state index in [4.69, 9.17) is 18.0 Å². The number of benzene rings is 1. The van der Waals surface area contributed by atoms with Gasteiger partial charge in [-0.3, -0.25) is 4.90 Å². The average Bonchev–Trinajstić information content (AvgIpc) is 2.37. The Hall–Kier alpha value is -2.59. The molecule has 0 spiro atoms. The molecule has 1 N–H and O–H groups in total. The Labute approximate surface area is 107 Å². The van der Waals surface area contributed by atoms with Gasteiger partial charge in [-0.15, -0.1) is 12.8 Å². The minimum Gasteiger partial charge on any atom is -0.465 e. The Bertz CT molecular complexity index is 495. The molecule has 0 aliphatic carbocycles. The number of rotatable bonds is 4. The molecule has 0 aromatic heterocycles. The highest BCUT2D eigenvalue weighted by Crippen LogP contribution is 2.21. The zero-order valence-electron chi connectivity index (χ0n) is 10.1. The van der Waals surface area contributed by atoms with Crippen molar-refractivity contribution in [1.82, 2.24) is 0 Å². The lowest BCUT2D eigenvalue weighted by Gasteiger charge is -2.21. The van der Waals surface area contributed by atoms with E-state index in [1.165, 1.54) is 7.05 Å². The summed E-state index contributed by atoms with van der Waals surface area (Å²) in [7, 11) is 1.48. The van der Waals surface area contributed by atoms with Crippen LogP contribution >= 0.6 is 0 Å². The first-order valence-electron chi connectivity index (χ1n) is 5.28. The highest BCUT2D eigenvalue weighted by Gasteiger charge is 2.10. The second-order valence-electron chi connectivity index (χ2n) is 3.63. The standard InChI is InChI=1S/C14H14N2O2/c1-4-9-16(10-5-2)13-8-6-7-12(11-13)15(3)14(17)18/h1-2,6-8,11H,9-10H2,3H3,(H,17,18). The Kier molecular flexibility index (Phi) is 4.66. The van der Waals surface area contributed by atoms with Gasteiger partial charge in [0.2, 0.25) is 0 Å². The number of terminal acetylenes is 2. The van der Waals surface area contributed by atoms with Crippen LogP contribution in [0, 0.1) is 24.7 Å². The van der Waals surface area contributed by atoms with Crippen LogP contribution < -0.4 is 9.80 Å². The van der Waals surface area contributed by atoms with E-state index in [1.807, 2.05) is 11.0 Å². The van der Waals surface area contributed by atoms with Gasteiger partial charge in [0.15, 0.2) is 0 Å². The average molecular weight is 242 g/mol. The first kappa shape index (κ1) is 13.5. The molecule has 4 nitrogen and oxygen atoms in total. The number of hydrogen-bond acceptors (Lipinski definition) is 2. The summed E-state index contributed by atoms with van der Waals surface area (Å²) in [5, 5.41) is 8.92. The molecule has 0 bridgehead atoms. The molecule has 18 heavy (non-hydrogen) atoms. The molecule has 92 valence electrons. The van der Waals surface area contributed by atoms with Gasteiger partial charge in [0.1, 0.15) is 0 Å². The second kappa shape index (κ2) is 6.22. The molecule has 1 aromatic carbocycles. The molecule has 0 radical (unpaired) electrons. The molecule has 0 saturated carbocycles. The van der Waals surface area contributed by atoms with Crippen LogP contribution in [-0.2, 0) is 0 Å². The number of carboxylic acid groups (broad SMARTS) is 1. The SMILES string of the molecule is C#CCN(CC#C)c1cccc(N(C)C(=O)O)c1. The third-order valence-electron chi connectivity index (χ3n) is 2.43. The molecule has 1 aromatic rings. The summed E-state index contributed by atoms with van der Waals surface area (Å²) in [5.41, 5.74) is 1.37. The molecule has 0 aliphatic heterocycles. The normalized spacial score (nSPS) is 9.06. The molecule has 4 heteroatoms. The number of nitrogens with zero attached hydrogens (tertiary/aromatic N) is 2. The van der Waals surface area contributed by atoms with E-state index in [0.29, 0.717) is 18.8 Å². The third kappa shape index (κ3) is 3.20. The molecule has 0 atom stereocenters. The van der Waals surface area contributed by atoms with Gasteiger partial charge in [0, 0.05) is 18.4 Å². The van der Waals surface area contributed by atoms with Crippen LogP contribution in [0.15, 0.2) is 24.3 Å². The van der Waals surface area contributed by atoms with Crippen LogP contribution in [0.2, 0.25) is 0 Å². The van der Waals surface area contributed by atoms with Crippen LogP contribution in [0.5, 0.6) is 0 Å². The van der Waals surface area contributed by atoms with Crippen LogP contribution in [0.4, 0.5) is 16.2 Å². The first-order valence-corrected chi connectivity index (χ1v) is 5.28. The van der Waals surface area contributed by atoms with Gasteiger partial charge in [0.25, 0.3) is 0 Å². The van der Waals surface area contributed by atoms with Crippen molar-refractivity contribution in [2.24, 2.45) is 0 Å². The number of anilines is 2. The van der Waals surface area contributed by atoms with Crippen LogP contribution in [0.25, 0.3) is 0 Å². The van der Waals surface area contributed by atoms with Gasteiger partial charge in [-0.2, -0.15) is 0 Å². The van der Waals surface area contributed by atoms with Gasteiger partial charge < -0.3 is 10.0 Å². The highest BCUT2D eigenvalue weighted by molar-refractivity contribution is 5.86. The summed E-state index contributed by atoms with van der Waals surface area (Å²) in [4.78, 5) is 13.8. The van der Waals surface area contributed by atoms with E-state index in [2.05, 4.69) is 11.8 Å². The lowest BCUT2D eigenvalue weighted by molar-refractivity contribution is 0.203. The second-order valence-corrected chi connectivity index (χ2v) is 3.63. The van der Waals surface area contributed by atoms with Crippen molar-refractivity contribution >= 4 is 17.5 Å². The van der Waals surface area contributed by atoms with Crippen molar-refractivity contribution in [2.45, 2.75) is 0 Å². The largest absolute Gasteiger partial charge is 0.465 e. The minimum absolute atomic E-state index is 0.379. The minimum atomic E-state index is -1.02. The fourth-order valence-corrected chi connectivity index (χ4v) is 1.47. The monoisotopic (exact) mass is 242 g/mol. The summed E-state index contributed by atoms with van der Waals surface area (Å²) < 4.78 is 0. The maximum absolute atomic E-state index is 10.9. The molecule has 0 aliphatic rings. The van der Waals surface area contributed by atoms with Crippen molar-refractivity contribution in [2.75, 3.05) is 29.9 Å². The van der Waals surface area contributed by atoms with Crippen LogP contribution in [0.1, 0.15) is 0 Å². The van der Waals surface area contributed by atoms with E-state index in [0.717, 1.165) is 10.6 Å². The van der Waals surface area contributed by atoms with E-state index in [-0.39, 0.29) is 0 Å². The lowest BCUT2D eigenvalue weighted by atomic mass is 10.2. The smallest absolute Gasteiger partial charge is 0.411 e. The van der Waals surface area contributed by atoms with Gasteiger partial charge in [-0.1, -0.05) is 17.9 Å². The summed E-state index contributed by atoms with van der Waals surface area (Å²) in [6.45, 7) is 0.759. The number of amides is 1. The first-order chi connectivity index (χ1) is 8.60. The Balaban J connectivity index is 3.03. The predicted molar refractivity (Wildman–Crippen MR) is 72.7 cm³/mol. The van der Waals surface area contributed by atoms with Crippen molar-refractivity contribution in [1.29, 1.82) is 0 Å². The zero-order valence-corrected chi connectivity index (χ0v) is 10.1. The molecule has 1 amide bonds. The summed E-state index contributed by atoms with van der Waals surface area (Å²) >= 11 is 0. The van der Waals surface area contributed by atoms with E-state index in [1.54, 1.807) is 18.2 Å². The van der Waals surface area contributed by atoms with Gasteiger partial charge in [-0.05, 0) is 18.2 Å². The van der Waals surface area contributed by atoms with Crippen molar-refractivity contribution < 1.29 is 9.90 Å². The maximum atomic E-state index is 10.9. The quantitative estimate of drug-likeness (QED) is 0.820. The van der Waals surface area contributed by atoms with Crippen molar-refractivity contribution in [3.63, 3.8) is 0 Å². The molecule has 0 saturated heterocycles. The van der Waals surface area contributed by atoms with Gasteiger partial charge in [-0.25, -0.2) is 4.79 Å². The predicted octanol–water partition coefficient (Wildman–Crippen LogP) is 1.87. The summed E-state index contributed by atoms with van der Waals surface area (Å²) in [6.07, 6.45) is 9.54. The van der Waals surface area contributed by atoms with Gasteiger partial charge in [0.05, 0.1) is 13.1 Å². The third-order valence-corrected chi connectivity index (χ3v) is 2.43. The lowest BCUT2D eigenvalue weighted by Crippen LogP contribution is -2.26. The van der Waals surface area contributed by atoms with Gasteiger partial charge >= 0.3 is 6.09 Å². The molecule has 0 unspecified atom stereocenters. The molecular formula is C14H14N2O2. The Morgan fingerprint density at radius 1 is 1.28 bits per heavy atom. The molecular weight excluding hydrogens is 228 g/mol. The fourth-order valence-electron chi connectivity index (χ4n) is 1.47. The maximum Gasteiger partial charge on any atom is 0.411 e. The van der Waals surface area contributed by atoms with Crippen molar-refractivity contribution in [3.05, 3.63) is 24.3 Å². The van der Waals surface area contributed by atoms with E-state index in [9.17, 15) is 4.79 Å². The number of hydrogen-bond donors (Lipinski definition) is 1. The topological polar surface area (TPSA) is 43.8 Å². The molecule has 0 fully saturated rings.